The Bertz CT molecular complexity index is 183. The molecule has 1 unspecified atom stereocenters. The van der Waals surface area contributed by atoms with E-state index in [0.29, 0.717) is 6.42 Å². The van der Waals surface area contributed by atoms with Gasteiger partial charge in [-0.1, -0.05) is 65.7 Å². The van der Waals surface area contributed by atoms with Gasteiger partial charge >= 0.3 is 0 Å². The molecule has 21 heavy (non-hydrogen) atoms. The molecule has 1 N–H and O–H groups in total. The highest BCUT2D eigenvalue weighted by Crippen LogP contribution is 2.12. The van der Waals surface area contributed by atoms with Gasteiger partial charge in [0.1, 0.15) is 0 Å². The van der Waals surface area contributed by atoms with Gasteiger partial charge in [0.05, 0.1) is 6.10 Å². The molecule has 128 valence electrons. The van der Waals surface area contributed by atoms with E-state index in [1.807, 2.05) is 0 Å². The molecule has 1 atom stereocenters. The zero-order chi connectivity index (χ0) is 15.8. The second kappa shape index (κ2) is 16.3. The van der Waals surface area contributed by atoms with E-state index >= 15 is 0 Å². The highest BCUT2D eigenvalue weighted by molar-refractivity contribution is 4.58. The molecule has 0 aliphatic heterocycles. The third kappa shape index (κ3) is 14.6. The normalized spacial score (nSPS) is 13.0. The summed E-state index contributed by atoms with van der Waals surface area (Å²) in [4.78, 5) is 0. The van der Waals surface area contributed by atoms with E-state index in [-0.39, 0.29) is 12.4 Å². The summed E-state index contributed by atoms with van der Waals surface area (Å²) in [5.74, 6) is 0. The smallest absolute Gasteiger partial charge is 0.160 e. The summed E-state index contributed by atoms with van der Waals surface area (Å²) in [7, 11) is 0. The summed E-state index contributed by atoms with van der Waals surface area (Å²) in [6.07, 6.45) is 11.6. The lowest BCUT2D eigenvalue weighted by Gasteiger charge is -2.21. The van der Waals surface area contributed by atoms with Crippen LogP contribution in [0.15, 0.2) is 0 Å². The fourth-order valence-corrected chi connectivity index (χ4v) is 2.34. The highest BCUT2D eigenvalue weighted by atomic mass is 16.7. The number of ether oxygens (including phenoxy) is 2. The van der Waals surface area contributed by atoms with E-state index in [2.05, 4.69) is 20.8 Å². The number of rotatable bonds is 16. The van der Waals surface area contributed by atoms with Gasteiger partial charge in [-0.3, -0.25) is 0 Å². The minimum Gasteiger partial charge on any atom is -0.393 e. The molecule has 3 heteroatoms. The summed E-state index contributed by atoms with van der Waals surface area (Å²) in [6.45, 7) is 8.01. The fraction of sp³-hybridized carbons (Fsp3) is 1.00. The van der Waals surface area contributed by atoms with Crippen LogP contribution < -0.4 is 0 Å². The number of hydrogen-bond acceptors (Lipinski definition) is 3. The monoisotopic (exact) mass is 302 g/mol. The van der Waals surface area contributed by atoms with Crippen molar-refractivity contribution in [2.75, 3.05) is 13.2 Å². The lowest BCUT2D eigenvalue weighted by atomic mass is 10.1. The number of aliphatic hydroxyl groups excluding tert-OH is 1. The number of unbranched alkanes of at least 4 members (excludes halogenated alkanes) is 6. The molecule has 0 heterocycles. The average molecular weight is 302 g/mol. The second-order valence-corrected chi connectivity index (χ2v) is 5.97. The summed E-state index contributed by atoms with van der Waals surface area (Å²) in [5, 5.41) is 9.94. The van der Waals surface area contributed by atoms with Gasteiger partial charge in [0, 0.05) is 19.6 Å². The lowest BCUT2D eigenvalue weighted by Crippen LogP contribution is -2.25. The van der Waals surface area contributed by atoms with Gasteiger partial charge in [-0.15, -0.1) is 0 Å². The molecule has 0 aliphatic rings. The van der Waals surface area contributed by atoms with E-state index in [1.165, 1.54) is 38.5 Å². The molecule has 0 aromatic carbocycles. The first kappa shape index (κ1) is 20.9. The van der Waals surface area contributed by atoms with Crippen LogP contribution in [0.5, 0.6) is 0 Å². The van der Waals surface area contributed by atoms with Crippen molar-refractivity contribution < 1.29 is 14.6 Å². The van der Waals surface area contributed by atoms with Gasteiger partial charge in [-0.2, -0.15) is 0 Å². The van der Waals surface area contributed by atoms with Crippen LogP contribution in [-0.4, -0.2) is 30.7 Å². The van der Waals surface area contributed by atoms with Crippen LogP contribution in [0.4, 0.5) is 0 Å². The van der Waals surface area contributed by atoms with Gasteiger partial charge in [0.25, 0.3) is 0 Å². The second-order valence-electron chi connectivity index (χ2n) is 5.97. The van der Waals surface area contributed by atoms with Crippen LogP contribution in [0.3, 0.4) is 0 Å². The molecule has 0 spiro atoms. The van der Waals surface area contributed by atoms with E-state index in [1.54, 1.807) is 0 Å². The molecule has 0 saturated heterocycles. The quantitative estimate of drug-likeness (QED) is 0.320. The van der Waals surface area contributed by atoms with Crippen LogP contribution in [-0.2, 0) is 9.47 Å². The Morgan fingerprint density at radius 2 is 1.24 bits per heavy atom. The van der Waals surface area contributed by atoms with Gasteiger partial charge < -0.3 is 14.6 Å². The Morgan fingerprint density at radius 1 is 0.714 bits per heavy atom. The standard InChI is InChI=1S/C18H38O3/c1-4-7-9-11-14-20-18(16-17(19)13-6-3)21-15-12-10-8-5-2/h17-19H,4-16H2,1-3H3. The van der Waals surface area contributed by atoms with Crippen LogP contribution in [0.1, 0.15) is 91.4 Å². The minimum atomic E-state index is -0.300. The zero-order valence-electron chi connectivity index (χ0n) is 14.6. The maximum absolute atomic E-state index is 9.94. The molecule has 0 aliphatic carbocycles. The molecular formula is C18H38O3. The molecule has 0 aromatic heterocycles. The third-order valence-electron chi connectivity index (χ3n) is 3.69. The SMILES string of the molecule is CCCCCCOC(CC(O)CCC)OCCCCCC. The molecule has 0 radical (unpaired) electrons. The summed E-state index contributed by atoms with van der Waals surface area (Å²) in [5.41, 5.74) is 0. The minimum absolute atomic E-state index is 0.227. The van der Waals surface area contributed by atoms with Gasteiger partial charge in [0.2, 0.25) is 0 Å². The first-order valence-corrected chi connectivity index (χ1v) is 9.15. The van der Waals surface area contributed by atoms with Crippen molar-refractivity contribution in [2.24, 2.45) is 0 Å². The lowest BCUT2D eigenvalue weighted by molar-refractivity contribution is -0.159. The zero-order valence-corrected chi connectivity index (χ0v) is 14.6. The Morgan fingerprint density at radius 3 is 1.67 bits per heavy atom. The van der Waals surface area contributed by atoms with Gasteiger partial charge in [-0.25, -0.2) is 0 Å². The number of hydrogen-bond donors (Lipinski definition) is 1. The van der Waals surface area contributed by atoms with Crippen LogP contribution in [0, 0.1) is 0 Å². The summed E-state index contributed by atoms with van der Waals surface area (Å²) < 4.78 is 11.7. The first-order valence-electron chi connectivity index (χ1n) is 9.15. The topological polar surface area (TPSA) is 38.7 Å². The van der Waals surface area contributed by atoms with Crippen molar-refractivity contribution in [3.8, 4) is 0 Å². The van der Waals surface area contributed by atoms with E-state index in [9.17, 15) is 5.11 Å². The van der Waals surface area contributed by atoms with Crippen LogP contribution >= 0.6 is 0 Å². The molecule has 0 fully saturated rings. The largest absolute Gasteiger partial charge is 0.393 e. The van der Waals surface area contributed by atoms with Crippen molar-refractivity contribution in [2.45, 2.75) is 104 Å². The molecule has 0 aromatic rings. The van der Waals surface area contributed by atoms with Crippen molar-refractivity contribution in [3.63, 3.8) is 0 Å². The highest BCUT2D eigenvalue weighted by Gasteiger charge is 2.15. The third-order valence-corrected chi connectivity index (χ3v) is 3.69. The maximum atomic E-state index is 9.94. The average Bonchev–Trinajstić information content (AvgIpc) is 2.46. The van der Waals surface area contributed by atoms with Crippen molar-refractivity contribution in [1.82, 2.24) is 0 Å². The molecule has 3 nitrogen and oxygen atoms in total. The van der Waals surface area contributed by atoms with Crippen molar-refractivity contribution in [3.05, 3.63) is 0 Å². The van der Waals surface area contributed by atoms with E-state index in [4.69, 9.17) is 9.47 Å². The Labute approximate surface area is 132 Å². The predicted molar refractivity (Wildman–Crippen MR) is 89.5 cm³/mol. The van der Waals surface area contributed by atoms with E-state index < -0.39 is 0 Å². The molecule has 0 bridgehead atoms. The molecule has 0 rings (SSSR count). The maximum Gasteiger partial charge on any atom is 0.160 e. The Hall–Kier alpha value is -0.120. The number of aliphatic hydroxyl groups is 1. The van der Waals surface area contributed by atoms with Crippen LogP contribution in [0.2, 0.25) is 0 Å². The summed E-state index contributed by atoms with van der Waals surface area (Å²) >= 11 is 0. The fourth-order valence-electron chi connectivity index (χ4n) is 2.34. The van der Waals surface area contributed by atoms with E-state index in [0.717, 1.165) is 38.9 Å². The summed E-state index contributed by atoms with van der Waals surface area (Å²) in [6, 6.07) is 0. The molecule has 0 amide bonds. The van der Waals surface area contributed by atoms with Crippen molar-refractivity contribution in [1.29, 1.82) is 0 Å². The molecular weight excluding hydrogens is 264 g/mol. The molecule has 0 saturated carbocycles. The van der Waals surface area contributed by atoms with Gasteiger partial charge in [-0.05, 0) is 19.3 Å². The predicted octanol–water partition coefficient (Wildman–Crippen LogP) is 5.06. The Kier molecular flexibility index (Phi) is 16.2. The first-order chi connectivity index (χ1) is 10.2. The van der Waals surface area contributed by atoms with Gasteiger partial charge in [0.15, 0.2) is 6.29 Å². The Balaban J connectivity index is 3.85. The van der Waals surface area contributed by atoms with Crippen molar-refractivity contribution >= 4 is 0 Å². The van der Waals surface area contributed by atoms with Crippen LogP contribution in [0.25, 0.3) is 0 Å².